The number of nitrogens with zero attached hydrogens (tertiary/aromatic N) is 4. The first-order chi connectivity index (χ1) is 12.5. The molecule has 0 spiro atoms. The van der Waals surface area contributed by atoms with Crippen molar-refractivity contribution in [1.29, 1.82) is 5.26 Å². The second-order valence-corrected chi connectivity index (χ2v) is 6.14. The zero-order valence-corrected chi connectivity index (χ0v) is 14.1. The highest BCUT2D eigenvalue weighted by Crippen LogP contribution is 2.29. The van der Waals surface area contributed by atoms with Gasteiger partial charge in [0.15, 0.2) is 5.82 Å². The van der Waals surface area contributed by atoms with Crippen LogP contribution in [0.5, 0.6) is 0 Å². The van der Waals surface area contributed by atoms with Gasteiger partial charge in [0.1, 0.15) is 11.8 Å². The van der Waals surface area contributed by atoms with Crippen LogP contribution in [0, 0.1) is 34.3 Å². The van der Waals surface area contributed by atoms with Crippen LogP contribution < -0.4 is 10.2 Å². The van der Waals surface area contributed by atoms with Gasteiger partial charge in [0.05, 0.1) is 16.2 Å². The first-order valence-corrected chi connectivity index (χ1v) is 8.15. The second-order valence-electron chi connectivity index (χ2n) is 6.14. The number of benzene rings is 1. The lowest BCUT2D eigenvalue weighted by Gasteiger charge is -2.33. The molecule has 0 bridgehead atoms. The van der Waals surface area contributed by atoms with E-state index in [2.05, 4.69) is 10.5 Å². The fraction of sp³-hybridized carbons (Fsp3) is 0.353. The largest absolute Gasteiger partial charge is 0.370 e. The van der Waals surface area contributed by atoms with Crippen molar-refractivity contribution < 1.29 is 14.2 Å². The molecular weight excluding hydrogens is 338 g/mol. The van der Waals surface area contributed by atoms with Crippen LogP contribution in [0.4, 0.5) is 17.2 Å². The van der Waals surface area contributed by atoms with Crippen molar-refractivity contribution in [3.05, 3.63) is 45.7 Å². The van der Waals surface area contributed by atoms with Gasteiger partial charge >= 0.3 is 0 Å². The Balaban J connectivity index is 1.64. The highest BCUT2D eigenvalue weighted by atomic mass is 16.6. The minimum Gasteiger partial charge on any atom is -0.370 e. The van der Waals surface area contributed by atoms with Gasteiger partial charge in [-0.2, -0.15) is 5.26 Å². The fourth-order valence-corrected chi connectivity index (χ4v) is 3.04. The van der Waals surface area contributed by atoms with E-state index in [0.29, 0.717) is 43.2 Å². The Hall–Kier alpha value is -3.41. The molecule has 0 atom stereocenters. The average molecular weight is 355 g/mol. The third kappa shape index (κ3) is 3.64. The molecular formula is C17H17N5O4. The van der Waals surface area contributed by atoms with Crippen molar-refractivity contribution in [3.8, 4) is 6.07 Å². The van der Waals surface area contributed by atoms with Crippen LogP contribution in [0.15, 0.2) is 28.8 Å². The molecule has 3 rings (SSSR count). The van der Waals surface area contributed by atoms with Gasteiger partial charge < -0.3 is 14.7 Å². The molecule has 134 valence electrons. The predicted octanol–water partition coefficient (Wildman–Crippen LogP) is 2.62. The Morgan fingerprint density at radius 2 is 2.15 bits per heavy atom. The van der Waals surface area contributed by atoms with E-state index in [1.54, 1.807) is 19.1 Å². The number of aryl methyl sites for hydroxylation is 1. The van der Waals surface area contributed by atoms with Gasteiger partial charge in [0.2, 0.25) is 5.91 Å². The Morgan fingerprint density at radius 1 is 1.42 bits per heavy atom. The number of piperidine rings is 1. The van der Waals surface area contributed by atoms with E-state index in [1.165, 1.54) is 12.1 Å². The van der Waals surface area contributed by atoms with E-state index < -0.39 is 4.92 Å². The molecule has 9 nitrogen and oxygen atoms in total. The third-order valence-corrected chi connectivity index (χ3v) is 4.40. The molecule has 1 amide bonds. The summed E-state index contributed by atoms with van der Waals surface area (Å²) in [5, 5.41) is 26.6. The summed E-state index contributed by atoms with van der Waals surface area (Å²) in [6.45, 7) is 2.92. The Morgan fingerprint density at radius 3 is 2.73 bits per heavy atom. The van der Waals surface area contributed by atoms with E-state index in [-0.39, 0.29) is 23.1 Å². The number of nitriles is 1. The van der Waals surface area contributed by atoms with E-state index in [4.69, 9.17) is 4.52 Å². The fourth-order valence-electron chi connectivity index (χ4n) is 3.04. The molecule has 1 aromatic heterocycles. The first-order valence-electron chi connectivity index (χ1n) is 8.15. The standard InChI is InChI=1S/C17H17N5O4/c1-11-8-16(20-26-11)19-17(23)12-4-6-21(7-5-12)15-3-2-14(22(24)25)9-13(15)10-18/h2-3,8-9,12H,4-7H2,1H3,(H,19,20,23). The maximum absolute atomic E-state index is 12.3. The molecule has 0 unspecified atom stereocenters. The molecule has 9 heteroatoms. The van der Waals surface area contributed by atoms with Gasteiger partial charge in [-0.25, -0.2) is 0 Å². The molecule has 0 radical (unpaired) electrons. The summed E-state index contributed by atoms with van der Waals surface area (Å²) >= 11 is 0. The summed E-state index contributed by atoms with van der Waals surface area (Å²) in [5.74, 6) is 0.753. The number of nitro groups is 1. The number of aromatic nitrogens is 1. The van der Waals surface area contributed by atoms with Crippen LogP contribution in [-0.4, -0.2) is 29.1 Å². The van der Waals surface area contributed by atoms with Crippen molar-refractivity contribution in [2.75, 3.05) is 23.3 Å². The lowest BCUT2D eigenvalue weighted by Crippen LogP contribution is -2.38. The summed E-state index contributed by atoms with van der Waals surface area (Å²) in [4.78, 5) is 24.6. The smallest absolute Gasteiger partial charge is 0.270 e. The van der Waals surface area contributed by atoms with E-state index in [1.807, 2.05) is 11.0 Å². The minimum absolute atomic E-state index is 0.109. The summed E-state index contributed by atoms with van der Waals surface area (Å²) in [7, 11) is 0. The third-order valence-electron chi connectivity index (χ3n) is 4.40. The number of nitrogens with one attached hydrogen (secondary N) is 1. The monoisotopic (exact) mass is 355 g/mol. The van der Waals surface area contributed by atoms with Crippen LogP contribution in [0.3, 0.4) is 0 Å². The van der Waals surface area contributed by atoms with E-state index >= 15 is 0 Å². The number of hydrogen-bond donors (Lipinski definition) is 1. The topological polar surface area (TPSA) is 125 Å². The summed E-state index contributed by atoms with van der Waals surface area (Å²) < 4.78 is 4.93. The molecule has 1 saturated heterocycles. The van der Waals surface area contributed by atoms with Gasteiger partial charge in [-0.15, -0.1) is 0 Å². The Kier molecular flexibility index (Phi) is 4.84. The number of anilines is 2. The molecule has 26 heavy (non-hydrogen) atoms. The molecule has 1 N–H and O–H groups in total. The summed E-state index contributed by atoms with van der Waals surface area (Å²) in [6, 6.07) is 7.93. The lowest BCUT2D eigenvalue weighted by atomic mass is 9.95. The molecule has 1 aliphatic heterocycles. The molecule has 0 saturated carbocycles. The molecule has 1 fully saturated rings. The van der Waals surface area contributed by atoms with Crippen molar-refractivity contribution >= 4 is 23.1 Å². The number of nitro benzene ring substituents is 1. The van der Waals surface area contributed by atoms with Crippen LogP contribution in [0.25, 0.3) is 0 Å². The van der Waals surface area contributed by atoms with Crippen molar-refractivity contribution in [2.24, 2.45) is 5.92 Å². The minimum atomic E-state index is -0.521. The number of rotatable bonds is 4. The van der Waals surface area contributed by atoms with Gasteiger partial charge in [-0.05, 0) is 25.8 Å². The van der Waals surface area contributed by atoms with Gasteiger partial charge in [0, 0.05) is 37.2 Å². The normalized spacial score (nSPS) is 14.7. The van der Waals surface area contributed by atoms with E-state index in [0.717, 1.165) is 0 Å². The zero-order chi connectivity index (χ0) is 18.7. The number of hydrogen-bond acceptors (Lipinski definition) is 7. The maximum Gasteiger partial charge on any atom is 0.270 e. The summed E-state index contributed by atoms with van der Waals surface area (Å²) in [6.07, 6.45) is 1.23. The van der Waals surface area contributed by atoms with Gasteiger partial charge in [0.25, 0.3) is 5.69 Å². The van der Waals surface area contributed by atoms with Crippen molar-refractivity contribution in [1.82, 2.24) is 5.16 Å². The van der Waals surface area contributed by atoms with Gasteiger partial charge in [-0.3, -0.25) is 14.9 Å². The zero-order valence-electron chi connectivity index (χ0n) is 14.1. The van der Waals surface area contributed by atoms with Crippen molar-refractivity contribution in [2.45, 2.75) is 19.8 Å². The number of carbonyl (C=O) groups is 1. The lowest BCUT2D eigenvalue weighted by molar-refractivity contribution is -0.384. The molecule has 0 aliphatic carbocycles. The van der Waals surface area contributed by atoms with Crippen LogP contribution >= 0.6 is 0 Å². The first kappa shape index (κ1) is 17.4. The van der Waals surface area contributed by atoms with E-state index in [9.17, 15) is 20.2 Å². The Labute approximate surface area is 149 Å². The predicted molar refractivity (Wildman–Crippen MR) is 92.6 cm³/mol. The molecule has 1 aromatic carbocycles. The Bertz CT molecular complexity index is 878. The van der Waals surface area contributed by atoms with Crippen LogP contribution in [-0.2, 0) is 4.79 Å². The molecule has 1 aliphatic rings. The quantitative estimate of drug-likeness (QED) is 0.660. The number of non-ortho nitro benzene ring substituents is 1. The molecule has 2 heterocycles. The van der Waals surface area contributed by atoms with Gasteiger partial charge in [-0.1, -0.05) is 5.16 Å². The second kappa shape index (κ2) is 7.23. The van der Waals surface area contributed by atoms with Crippen LogP contribution in [0.2, 0.25) is 0 Å². The number of carbonyl (C=O) groups excluding carboxylic acids is 1. The maximum atomic E-state index is 12.3. The highest BCUT2D eigenvalue weighted by Gasteiger charge is 2.27. The average Bonchev–Trinajstić information content (AvgIpc) is 3.06. The SMILES string of the molecule is Cc1cc(NC(=O)C2CCN(c3ccc([N+](=O)[O-])cc3C#N)CC2)no1. The number of amides is 1. The van der Waals surface area contributed by atoms with Crippen LogP contribution in [0.1, 0.15) is 24.2 Å². The van der Waals surface area contributed by atoms with Crippen molar-refractivity contribution in [3.63, 3.8) is 0 Å². The highest BCUT2D eigenvalue weighted by molar-refractivity contribution is 5.91. The molecule has 2 aromatic rings. The summed E-state index contributed by atoms with van der Waals surface area (Å²) in [5.41, 5.74) is 0.812.